The molecule has 9 nitrogen and oxygen atoms in total. The summed E-state index contributed by atoms with van der Waals surface area (Å²) in [4.78, 5) is 26.7. The Bertz CT molecular complexity index is 1070. The molecular formula is C23H28N4O5. The van der Waals surface area contributed by atoms with Crippen molar-refractivity contribution in [2.45, 2.75) is 46.5 Å². The maximum atomic E-state index is 12.9. The average molecular weight is 441 g/mol. The lowest BCUT2D eigenvalue weighted by Crippen LogP contribution is -2.39. The van der Waals surface area contributed by atoms with Crippen molar-refractivity contribution in [1.29, 1.82) is 0 Å². The lowest BCUT2D eigenvalue weighted by molar-refractivity contribution is -0.577. The van der Waals surface area contributed by atoms with Gasteiger partial charge in [-0.1, -0.05) is 32.8 Å². The van der Waals surface area contributed by atoms with Crippen LogP contribution in [0.25, 0.3) is 16.6 Å². The summed E-state index contributed by atoms with van der Waals surface area (Å²) < 4.78 is 12.9. The largest absolute Gasteiger partial charge is 0.618 e. The van der Waals surface area contributed by atoms with Crippen LogP contribution in [0.2, 0.25) is 0 Å². The summed E-state index contributed by atoms with van der Waals surface area (Å²) in [5.74, 6) is 0.180. The van der Waals surface area contributed by atoms with E-state index in [1.54, 1.807) is 43.3 Å². The molecule has 0 spiro atoms. The van der Waals surface area contributed by atoms with Crippen LogP contribution >= 0.6 is 0 Å². The van der Waals surface area contributed by atoms with Crippen molar-refractivity contribution in [3.05, 3.63) is 53.5 Å². The van der Waals surface area contributed by atoms with Gasteiger partial charge in [0.1, 0.15) is 0 Å². The molecule has 9 heteroatoms. The lowest BCUT2D eigenvalue weighted by Gasteiger charge is -2.21. The number of unbranched alkanes of at least 4 members (excludes halogenated alkanes) is 2. The molecule has 0 fully saturated rings. The smallest absolute Gasteiger partial charge is 0.425 e. The molecule has 1 aromatic carbocycles. The number of anilines is 1. The van der Waals surface area contributed by atoms with Gasteiger partial charge in [0.15, 0.2) is 12.0 Å². The molecule has 0 aliphatic heterocycles. The molecule has 0 aliphatic carbocycles. The van der Waals surface area contributed by atoms with Gasteiger partial charge >= 0.3 is 12.2 Å². The third-order valence-electron chi connectivity index (χ3n) is 4.86. The predicted molar refractivity (Wildman–Crippen MR) is 120 cm³/mol. The van der Waals surface area contributed by atoms with E-state index in [2.05, 4.69) is 5.10 Å². The van der Waals surface area contributed by atoms with Crippen LogP contribution in [0.3, 0.4) is 0 Å². The maximum Gasteiger partial charge on any atom is 0.425 e. The summed E-state index contributed by atoms with van der Waals surface area (Å²) in [7, 11) is 0. The maximum absolute atomic E-state index is 12.9. The molecule has 2 amide bonds. The number of hydrogen-bond acceptors (Lipinski definition) is 6. The molecule has 0 aliphatic rings. The minimum Gasteiger partial charge on any atom is -0.618 e. The molecule has 0 N–H and O–H groups in total. The molecule has 2 heterocycles. The molecule has 0 unspecified atom stereocenters. The molecule has 3 aromatic rings. The first kappa shape index (κ1) is 23.1. The van der Waals surface area contributed by atoms with E-state index in [0.717, 1.165) is 22.5 Å². The van der Waals surface area contributed by atoms with Gasteiger partial charge in [-0.2, -0.15) is 14.7 Å². The number of ether oxygens (including phenoxy) is 2. The summed E-state index contributed by atoms with van der Waals surface area (Å²) in [6.45, 7) is 6.08. The molecule has 0 radical (unpaired) electrons. The second-order valence-corrected chi connectivity index (χ2v) is 7.37. The highest BCUT2D eigenvalue weighted by Gasteiger charge is 2.31. The SMILES string of the molecule is CCCCOC(=O)N(C(=O)OCCCC)c1cc(C)nn1-c1cccc2c1ccc[n+]2[O-]. The van der Waals surface area contributed by atoms with E-state index in [-0.39, 0.29) is 19.0 Å². The molecule has 170 valence electrons. The van der Waals surface area contributed by atoms with Crippen molar-refractivity contribution in [2.24, 2.45) is 0 Å². The minimum atomic E-state index is -0.833. The van der Waals surface area contributed by atoms with Crippen LogP contribution in [0.1, 0.15) is 45.2 Å². The number of carbonyl (C=O) groups excluding carboxylic acids is 2. The van der Waals surface area contributed by atoms with Crippen LogP contribution in [0.4, 0.5) is 15.4 Å². The Hall–Kier alpha value is -3.62. The number of pyridine rings is 1. The predicted octanol–water partition coefficient (Wildman–Crippen LogP) is 4.65. The number of aromatic nitrogens is 3. The van der Waals surface area contributed by atoms with Crippen LogP contribution in [0.15, 0.2) is 42.6 Å². The van der Waals surface area contributed by atoms with E-state index in [0.29, 0.717) is 35.1 Å². The number of amides is 2. The molecule has 0 saturated heterocycles. The summed E-state index contributed by atoms with van der Waals surface area (Å²) in [6.07, 6.45) is 2.78. The van der Waals surface area contributed by atoms with Crippen molar-refractivity contribution < 1.29 is 23.8 Å². The zero-order valence-corrected chi connectivity index (χ0v) is 18.6. The summed E-state index contributed by atoms with van der Waals surface area (Å²) in [5.41, 5.74) is 1.56. The van der Waals surface area contributed by atoms with Crippen LogP contribution in [-0.2, 0) is 9.47 Å². The van der Waals surface area contributed by atoms with Crippen LogP contribution in [-0.4, -0.2) is 35.2 Å². The summed E-state index contributed by atoms with van der Waals surface area (Å²) in [6, 6.07) is 10.2. The van der Waals surface area contributed by atoms with E-state index in [9.17, 15) is 14.8 Å². The Labute approximate surface area is 186 Å². The van der Waals surface area contributed by atoms with Crippen LogP contribution in [0, 0.1) is 12.1 Å². The molecule has 0 saturated carbocycles. The fourth-order valence-electron chi connectivity index (χ4n) is 3.21. The summed E-state index contributed by atoms with van der Waals surface area (Å²) in [5, 5.41) is 17.3. The minimum absolute atomic E-state index is 0.180. The second kappa shape index (κ2) is 10.6. The topological polar surface area (TPSA) is 101 Å². The fraction of sp³-hybridized carbons (Fsp3) is 0.391. The van der Waals surface area contributed by atoms with Gasteiger partial charge in [0.2, 0.25) is 5.52 Å². The Morgan fingerprint density at radius 2 is 1.72 bits per heavy atom. The highest BCUT2D eigenvalue weighted by atomic mass is 16.6. The van der Waals surface area contributed by atoms with Gasteiger partial charge < -0.3 is 14.7 Å². The highest BCUT2D eigenvalue weighted by Crippen LogP contribution is 2.27. The third-order valence-corrected chi connectivity index (χ3v) is 4.86. The first-order valence-corrected chi connectivity index (χ1v) is 10.8. The van der Waals surface area contributed by atoms with Crippen LogP contribution < -0.4 is 9.63 Å². The fourth-order valence-corrected chi connectivity index (χ4v) is 3.21. The Kier molecular flexibility index (Phi) is 7.64. The number of aryl methyl sites for hydroxylation is 1. The van der Waals surface area contributed by atoms with Crippen molar-refractivity contribution in [1.82, 2.24) is 9.78 Å². The quantitative estimate of drug-likeness (QED) is 0.287. The number of fused-ring (bicyclic) bond motifs is 1. The Balaban J connectivity index is 2.08. The first-order chi connectivity index (χ1) is 15.5. The highest BCUT2D eigenvalue weighted by molar-refractivity contribution is 6.09. The van der Waals surface area contributed by atoms with E-state index < -0.39 is 12.2 Å². The van der Waals surface area contributed by atoms with E-state index >= 15 is 0 Å². The van der Waals surface area contributed by atoms with Gasteiger partial charge in [-0.3, -0.25) is 0 Å². The lowest BCUT2D eigenvalue weighted by atomic mass is 10.2. The molecular weight excluding hydrogens is 412 g/mol. The summed E-state index contributed by atoms with van der Waals surface area (Å²) >= 11 is 0. The van der Waals surface area contributed by atoms with Crippen molar-refractivity contribution in [2.75, 3.05) is 18.1 Å². The van der Waals surface area contributed by atoms with Crippen LogP contribution in [0.5, 0.6) is 0 Å². The normalized spacial score (nSPS) is 10.8. The zero-order chi connectivity index (χ0) is 23.1. The van der Waals surface area contributed by atoms with Gasteiger partial charge in [0.25, 0.3) is 0 Å². The number of carbonyl (C=O) groups is 2. The molecule has 2 aromatic heterocycles. The number of benzene rings is 1. The first-order valence-electron chi connectivity index (χ1n) is 10.8. The molecule has 0 atom stereocenters. The monoisotopic (exact) mass is 440 g/mol. The van der Waals surface area contributed by atoms with Crippen molar-refractivity contribution >= 4 is 28.9 Å². The molecule has 3 rings (SSSR count). The van der Waals surface area contributed by atoms with Gasteiger partial charge in [-0.25, -0.2) is 14.3 Å². The van der Waals surface area contributed by atoms with Gasteiger partial charge in [-0.05, 0) is 31.9 Å². The average Bonchev–Trinajstić information content (AvgIpc) is 3.15. The van der Waals surface area contributed by atoms with Crippen molar-refractivity contribution in [3.63, 3.8) is 0 Å². The Morgan fingerprint density at radius 3 is 2.34 bits per heavy atom. The zero-order valence-electron chi connectivity index (χ0n) is 18.6. The van der Waals surface area contributed by atoms with E-state index in [1.807, 2.05) is 13.8 Å². The number of nitrogens with zero attached hydrogens (tertiary/aromatic N) is 4. The number of rotatable bonds is 8. The number of imide groups is 1. The second-order valence-electron chi connectivity index (χ2n) is 7.37. The van der Waals surface area contributed by atoms with E-state index in [4.69, 9.17) is 9.47 Å². The standard InChI is InChI=1S/C23H28N4O5/c1-4-6-14-31-22(28)26(23(29)32-15-7-5-2)21-16-17(3)24-27(21)20-12-8-11-19-18(20)10-9-13-25(19)30/h8-13,16H,4-7,14-15H2,1-3H3. The molecule has 32 heavy (non-hydrogen) atoms. The van der Waals surface area contributed by atoms with E-state index in [1.165, 1.54) is 10.9 Å². The van der Waals surface area contributed by atoms with Gasteiger partial charge in [-0.15, -0.1) is 0 Å². The number of hydrogen-bond donors (Lipinski definition) is 0. The third kappa shape index (κ3) is 4.99. The Morgan fingerprint density at radius 1 is 1.06 bits per heavy atom. The van der Waals surface area contributed by atoms with Gasteiger partial charge in [0.05, 0.1) is 30.0 Å². The van der Waals surface area contributed by atoms with Crippen molar-refractivity contribution in [3.8, 4) is 5.69 Å². The molecule has 0 bridgehead atoms. The van der Waals surface area contributed by atoms with Gasteiger partial charge in [0, 0.05) is 18.2 Å².